The van der Waals surface area contributed by atoms with Crippen molar-refractivity contribution in [2.24, 2.45) is 5.73 Å². The summed E-state index contributed by atoms with van der Waals surface area (Å²) < 4.78 is 5.98. The summed E-state index contributed by atoms with van der Waals surface area (Å²) in [6.07, 6.45) is -0.142. The van der Waals surface area contributed by atoms with Crippen LogP contribution in [0.5, 0.6) is 0 Å². The molecule has 2 aromatic carbocycles. The van der Waals surface area contributed by atoms with Gasteiger partial charge in [0.25, 0.3) is 0 Å². The lowest BCUT2D eigenvalue weighted by atomic mass is 10.0. The number of carbonyl (C=O) groups is 1. The minimum absolute atomic E-state index is 0.0786. The Balaban J connectivity index is 1.99. The van der Waals surface area contributed by atoms with E-state index in [9.17, 15) is 4.79 Å². The predicted octanol–water partition coefficient (Wildman–Crippen LogP) is 3.25. The number of benzene rings is 2. The third-order valence-corrected chi connectivity index (χ3v) is 3.31. The van der Waals surface area contributed by atoms with Crippen LogP contribution in [0.15, 0.2) is 54.6 Å². The summed E-state index contributed by atoms with van der Waals surface area (Å²) >= 11 is 0. The van der Waals surface area contributed by atoms with Gasteiger partial charge in [-0.15, -0.1) is 0 Å². The molecule has 0 fully saturated rings. The van der Waals surface area contributed by atoms with Crippen molar-refractivity contribution in [3.05, 3.63) is 65.7 Å². The third kappa shape index (κ3) is 4.69. The van der Waals surface area contributed by atoms with Gasteiger partial charge in [-0.05, 0) is 30.2 Å². The molecule has 2 atom stereocenters. The van der Waals surface area contributed by atoms with Crippen molar-refractivity contribution in [2.45, 2.75) is 32.6 Å². The maximum atomic E-state index is 11.0. The van der Waals surface area contributed by atoms with Gasteiger partial charge in [0.2, 0.25) is 5.91 Å². The number of nitrogens with two attached hydrogens (primary N) is 1. The van der Waals surface area contributed by atoms with Gasteiger partial charge in [0.05, 0.1) is 12.7 Å². The number of hydrogen-bond donors (Lipinski definition) is 2. The molecule has 22 heavy (non-hydrogen) atoms. The lowest BCUT2D eigenvalue weighted by molar-refractivity contribution is -0.114. The zero-order valence-corrected chi connectivity index (χ0v) is 13.0. The van der Waals surface area contributed by atoms with E-state index in [1.807, 2.05) is 61.5 Å². The van der Waals surface area contributed by atoms with Gasteiger partial charge in [0, 0.05) is 18.7 Å². The molecule has 2 rings (SSSR count). The topological polar surface area (TPSA) is 64.3 Å². The first-order valence-corrected chi connectivity index (χ1v) is 7.35. The fourth-order valence-corrected chi connectivity index (χ4v) is 2.27. The Kier molecular flexibility index (Phi) is 5.69. The summed E-state index contributed by atoms with van der Waals surface area (Å²) in [6.45, 7) is 3.91. The average Bonchev–Trinajstić information content (AvgIpc) is 2.49. The SMILES string of the molecule is CC(=O)Nc1ccc(CO[C@@H](c2ccccc2)[C@@H](C)N)cc1. The molecule has 3 N–H and O–H groups in total. The maximum absolute atomic E-state index is 11.0. The molecular formula is C18H22N2O2. The standard InChI is InChI=1S/C18H22N2O2/c1-13(19)18(16-6-4-3-5-7-16)22-12-15-8-10-17(11-9-15)20-14(2)21/h3-11,13,18H,12,19H2,1-2H3,(H,20,21)/t13-,18-/m1/s1. The summed E-state index contributed by atoms with van der Waals surface area (Å²) in [5.41, 5.74) is 8.93. The van der Waals surface area contributed by atoms with E-state index in [4.69, 9.17) is 10.5 Å². The molecule has 116 valence electrons. The van der Waals surface area contributed by atoms with Crippen molar-refractivity contribution in [3.63, 3.8) is 0 Å². The smallest absolute Gasteiger partial charge is 0.221 e. The number of anilines is 1. The molecule has 1 amide bonds. The van der Waals surface area contributed by atoms with Crippen LogP contribution in [-0.4, -0.2) is 11.9 Å². The van der Waals surface area contributed by atoms with Crippen molar-refractivity contribution < 1.29 is 9.53 Å². The molecule has 0 aliphatic heterocycles. The number of carbonyl (C=O) groups excluding carboxylic acids is 1. The molecule has 0 aromatic heterocycles. The number of ether oxygens (including phenoxy) is 1. The van der Waals surface area contributed by atoms with Crippen LogP contribution in [0.25, 0.3) is 0 Å². The van der Waals surface area contributed by atoms with Crippen molar-refractivity contribution >= 4 is 11.6 Å². The molecule has 0 saturated heterocycles. The molecule has 0 saturated carbocycles. The fourth-order valence-electron chi connectivity index (χ4n) is 2.27. The van der Waals surface area contributed by atoms with E-state index >= 15 is 0 Å². The number of nitrogens with one attached hydrogen (secondary N) is 1. The van der Waals surface area contributed by atoms with Crippen LogP contribution in [0.1, 0.15) is 31.1 Å². The number of amides is 1. The average molecular weight is 298 g/mol. The van der Waals surface area contributed by atoms with Crippen LogP contribution in [0.3, 0.4) is 0 Å². The maximum Gasteiger partial charge on any atom is 0.221 e. The second-order valence-electron chi connectivity index (χ2n) is 5.38. The highest BCUT2D eigenvalue weighted by atomic mass is 16.5. The molecule has 0 aliphatic carbocycles. The van der Waals surface area contributed by atoms with Gasteiger partial charge >= 0.3 is 0 Å². The molecule has 0 spiro atoms. The molecule has 0 aliphatic rings. The molecule has 2 aromatic rings. The van der Waals surface area contributed by atoms with Crippen LogP contribution in [-0.2, 0) is 16.1 Å². The van der Waals surface area contributed by atoms with Gasteiger partial charge < -0.3 is 15.8 Å². The minimum atomic E-state index is -0.142. The van der Waals surface area contributed by atoms with Crippen molar-refractivity contribution in [1.29, 1.82) is 0 Å². The highest BCUT2D eigenvalue weighted by Gasteiger charge is 2.16. The van der Waals surface area contributed by atoms with E-state index in [-0.39, 0.29) is 18.1 Å². The molecule has 0 heterocycles. The molecule has 4 nitrogen and oxygen atoms in total. The minimum Gasteiger partial charge on any atom is -0.367 e. The quantitative estimate of drug-likeness (QED) is 0.860. The lowest BCUT2D eigenvalue weighted by Crippen LogP contribution is -2.26. The Hall–Kier alpha value is -2.17. The van der Waals surface area contributed by atoms with Gasteiger partial charge in [0.15, 0.2) is 0 Å². The molecule has 0 unspecified atom stereocenters. The number of hydrogen-bond acceptors (Lipinski definition) is 3. The van der Waals surface area contributed by atoms with E-state index in [1.165, 1.54) is 6.92 Å². The molecular weight excluding hydrogens is 276 g/mol. The Morgan fingerprint density at radius 3 is 2.32 bits per heavy atom. The van der Waals surface area contributed by atoms with Gasteiger partial charge in [-0.3, -0.25) is 4.79 Å². The zero-order chi connectivity index (χ0) is 15.9. The first-order valence-electron chi connectivity index (χ1n) is 7.35. The van der Waals surface area contributed by atoms with E-state index in [1.54, 1.807) is 0 Å². The second-order valence-corrected chi connectivity index (χ2v) is 5.38. The Morgan fingerprint density at radius 1 is 1.14 bits per heavy atom. The normalized spacial score (nSPS) is 13.4. The lowest BCUT2D eigenvalue weighted by Gasteiger charge is -2.22. The third-order valence-electron chi connectivity index (χ3n) is 3.31. The van der Waals surface area contributed by atoms with Gasteiger partial charge in [-0.1, -0.05) is 42.5 Å². The van der Waals surface area contributed by atoms with Gasteiger partial charge in [-0.2, -0.15) is 0 Å². The second kappa shape index (κ2) is 7.73. The van der Waals surface area contributed by atoms with Crippen LogP contribution >= 0.6 is 0 Å². The van der Waals surface area contributed by atoms with Crippen molar-refractivity contribution in [2.75, 3.05) is 5.32 Å². The van der Waals surface area contributed by atoms with Crippen LogP contribution in [0, 0.1) is 0 Å². The Morgan fingerprint density at radius 2 is 1.77 bits per heavy atom. The molecule has 4 heteroatoms. The van der Waals surface area contributed by atoms with Crippen molar-refractivity contribution in [3.8, 4) is 0 Å². The highest BCUT2D eigenvalue weighted by Crippen LogP contribution is 2.22. The molecule has 0 bridgehead atoms. The fraction of sp³-hybridized carbons (Fsp3) is 0.278. The first-order chi connectivity index (χ1) is 10.6. The highest BCUT2D eigenvalue weighted by molar-refractivity contribution is 5.88. The first kappa shape index (κ1) is 16.2. The van der Waals surface area contributed by atoms with Gasteiger partial charge in [-0.25, -0.2) is 0 Å². The van der Waals surface area contributed by atoms with Crippen LogP contribution < -0.4 is 11.1 Å². The van der Waals surface area contributed by atoms with Gasteiger partial charge in [0.1, 0.15) is 0 Å². The van der Waals surface area contributed by atoms with E-state index < -0.39 is 0 Å². The summed E-state index contributed by atoms with van der Waals surface area (Å²) in [6, 6.07) is 17.5. The summed E-state index contributed by atoms with van der Waals surface area (Å²) in [4.78, 5) is 11.0. The van der Waals surface area contributed by atoms with E-state index in [0.717, 1.165) is 16.8 Å². The monoisotopic (exact) mass is 298 g/mol. The Labute approximate surface area is 131 Å². The largest absolute Gasteiger partial charge is 0.367 e. The molecule has 0 radical (unpaired) electrons. The summed E-state index contributed by atoms with van der Waals surface area (Å²) in [7, 11) is 0. The van der Waals surface area contributed by atoms with Crippen LogP contribution in [0.4, 0.5) is 5.69 Å². The van der Waals surface area contributed by atoms with E-state index in [2.05, 4.69) is 5.32 Å². The van der Waals surface area contributed by atoms with E-state index in [0.29, 0.717) is 6.61 Å². The summed E-state index contributed by atoms with van der Waals surface area (Å²) in [5, 5.41) is 2.74. The number of rotatable bonds is 6. The van der Waals surface area contributed by atoms with Crippen molar-refractivity contribution in [1.82, 2.24) is 0 Å². The zero-order valence-electron chi connectivity index (χ0n) is 13.0. The Bertz CT molecular complexity index is 594. The predicted molar refractivity (Wildman–Crippen MR) is 88.4 cm³/mol. The van der Waals surface area contributed by atoms with Crippen LogP contribution in [0.2, 0.25) is 0 Å². The summed E-state index contributed by atoms with van der Waals surface area (Å²) in [5.74, 6) is -0.0786.